The number of halogens is 2. The Kier molecular flexibility index (Phi) is 4.66. The van der Waals surface area contributed by atoms with E-state index in [-0.39, 0.29) is 5.75 Å². The highest BCUT2D eigenvalue weighted by atomic mass is 32.1. The summed E-state index contributed by atoms with van der Waals surface area (Å²) in [5.74, 6) is -1.97. The number of amides is 1. The Balaban J connectivity index is 1.83. The molecule has 0 aliphatic carbocycles. The number of primary amides is 1. The number of benzene rings is 1. The Morgan fingerprint density at radius 1 is 1.33 bits per heavy atom. The first-order valence-electron chi connectivity index (χ1n) is 8.11. The van der Waals surface area contributed by atoms with E-state index in [1.165, 1.54) is 28.7 Å². The quantitative estimate of drug-likeness (QED) is 0.669. The minimum Gasteiger partial charge on any atom is -0.424 e. The number of hydrogen-bond acceptors (Lipinski definition) is 8. The molecule has 7 nitrogen and oxygen atoms in total. The van der Waals surface area contributed by atoms with Crippen LogP contribution in [-0.2, 0) is 4.79 Å². The van der Waals surface area contributed by atoms with Crippen molar-refractivity contribution >= 4 is 43.9 Å². The Bertz CT molecular complexity index is 971. The minimum absolute atomic E-state index is 0.131. The summed E-state index contributed by atoms with van der Waals surface area (Å²) in [5, 5.41) is 6.53. The van der Waals surface area contributed by atoms with E-state index in [1.54, 1.807) is 12.3 Å². The molecule has 1 amide bonds. The summed E-state index contributed by atoms with van der Waals surface area (Å²) in [6, 6.07) is 3.02. The summed E-state index contributed by atoms with van der Waals surface area (Å²) < 4.78 is 32.6. The van der Waals surface area contributed by atoms with Gasteiger partial charge in [0.15, 0.2) is 5.13 Å². The van der Waals surface area contributed by atoms with Crippen LogP contribution in [0.4, 0.5) is 13.9 Å². The third-order valence-electron chi connectivity index (χ3n) is 4.07. The number of piperazine rings is 1. The lowest BCUT2D eigenvalue weighted by Gasteiger charge is -2.26. The van der Waals surface area contributed by atoms with Crippen molar-refractivity contribution in [1.29, 1.82) is 0 Å². The summed E-state index contributed by atoms with van der Waals surface area (Å²) in [4.78, 5) is 22.0. The maximum Gasteiger partial charge on any atom is 0.482 e. The summed E-state index contributed by atoms with van der Waals surface area (Å²) in [6.07, 6.45) is -2.43. The molecule has 0 radical (unpaired) electrons. The van der Waals surface area contributed by atoms with Crippen molar-refractivity contribution in [2.45, 2.75) is 6.11 Å². The third-order valence-corrected chi connectivity index (χ3v) is 6.01. The van der Waals surface area contributed by atoms with E-state index in [0.29, 0.717) is 15.3 Å². The van der Waals surface area contributed by atoms with Crippen LogP contribution >= 0.6 is 22.7 Å². The number of thiazole rings is 2. The molecule has 0 bridgehead atoms. The van der Waals surface area contributed by atoms with E-state index in [1.807, 2.05) is 5.38 Å². The molecule has 0 unspecified atom stereocenters. The van der Waals surface area contributed by atoms with Gasteiger partial charge in [-0.3, -0.25) is 4.79 Å². The lowest BCUT2D eigenvalue weighted by molar-refractivity contribution is -0.188. The number of nitrogens with one attached hydrogen (secondary N) is 1. The SMILES string of the molecule is NC(=O)C(F)(F)Oc1ccc(-c2nccs2)c2nc(N3CCNCC3)sc12. The minimum atomic E-state index is -4.10. The zero-order valence-corrected chi connectivity index (χ0v) is 15.6. The maximum absolute atomic E-state index is 13.8. The van der Waals surface area contributed by atoms with E-state index in [4.69, 9.17) is 5.73 Å². The van der Waals surface area contributed by atoms with Crippen LogP contribution in [0, 0.1) is 0 Å². The summed E-state index contributed by atoms with van der Waals surface area (Å²) >= 11 is 2.67. The fraction of sp³-hybridized carbons (Fsp3) is 0.312. The van der Waals surface area contributed by atoms with Gasteiger partial charge in [0.25, 0.3) is 0 Å². The van der Waals surface area contributed by atoms with Crippen molar-refractivity contribution in [1.82, 2.24) is 15.3 Å². The zero-order valence-electron chi connectivity index (χ0n) is 13.9. The standard InChI is InChI=1S/C16H15F2N5O2S2/c17-16(18,14(19)24)25-10-2-1-9(13-21-5-8-26-13)11-12(10)27-15(22-11)23-6-3-20-4-7-23/h1-2,5,8,20H,3-4,6-7H2,(H2,19,24). The summed E-state index contributed by atoms with van der Waals surface area (Å²) in [5.41, 5.74) is 5.99. The molecule has 11 heteroatoms. The van der Waals surface area contributed by atoms with Crippen LogP contribution in [0.25, 0.3) is 20.8 Å². The van der Waals surface area contributed by atoms with Crippen molar-refractivity contribution in [2.24, 2.45) is 5.73 Å². The summed E-state index contributed by atoms with van der Waals surface area (Å²) in [7, 11) is 0. The Morgan fingerprint density at radius 2 is 2.11 bits per heavy atom. The molecule has 1 fully saturated rings. The molecule has 0 spiro atoms. The molecule has 1 saturated heterocycles. The molecular formula is C16H15F2N5O2S2. The molecule has 27 heavy (non-hydrogen) atoms. The first kappa shape index (κ1) is 18.0. The second kappa shape index (κ2) is 6.98. The van der Waals surface area contributed by atoms with Gasteiger partial charge >= 0.3 is 12.0 Å². The van der Waals surface area contributed by atoms with Crippen LogP contribution in [0.5, 0.6) is 5.75 Å². The average molecular weight is 411 g/mol. The highest BCUT2D eigenvalue weighted by Crippen LogP contribution is 2.42. The zero-order chi connectivity index (χ0) is 19.0. The van der Waals surface area contributed by atoms with E-state index in [2.05, 4.69) is 24.9 Å². The van der Waals surface area contributed by atoms with Crippen LogP contribution in [0.1, 0.15) is 0 Å². The Labute approximate surface area is 160 Å². The van der Waals surface area contributed by atoms with E-state index in [0.717, 1.165) is 36.8 Å². The van der Waals surface area contributed by atoms with Crippen molar-refractivity contribution < 1.29 is 18.3 Å². The van der Waals surface area contributed by atoms with Gasteiger partial charge in [-0.25, -0.2) is 9.97 Å². The van der Waals surface area contributed by atoms with Gasteiger partial charge in [0, 0.05) is 43.3 Å². The number of fused-ring (bicyclic) bond motifs is 1. The molecule has 1 aliphatic heterocycles. The van der Waals surface area contributed by atoms with Crippen molar-refractivity contribution in [3.8, 4) is 16.3 Å². The molecule has 3 heterocycles. The van der Waals surface area contributed by atoms with E-state index in [9.17, 15) is 13.6 Å². The molecular weight excluding hydrogens is 396 g/mol. The molecule has 1 aliphatic rings. The number of rotatable bonds is 5. The number of carbonyl (C=O) groups excluding carboxylic acids is 1. The van der Waals surface area contributed by atoms with Gasteiger partial charge in [0.05, 0.1) is 10.2 Å². The summed E-state index contributed by atoms with van der Waals surface area (Å²) in [6.45, 7) is 3.16. The number of nitrogens with two attached hydrogens (primary N) is 1. The van der Waals surface area contributed by atoms with Crippen LogP contribution in [0.2, 0.25) is 0 Å². The number of hydrogen-bond donors (Lipinski definition) is 2. The predicted octanol–water partition coefficient (Wildman–Crippen LogP) is 2.29. The third kappa shape index (κ3) is 3.45. The van der Waals surface area contributed by atoms with Crippen LogP contribution in [0.3, 0.4) is 0 Å². The maximum atomic E-state index is 13.8. The molecule has 0 saturated carbocycles. The van der Waals surface area contributed by atoms with Gasteiger partial charge in [-0.15, -0.1) is 11.3 Å². The van der Waals surface area contributed by atoms with Crippen LogP contribution in [-0.4, -0.2) is 48.2 Å². The average Bonchev–Trinajstić information content (AvgIpc) is 3.32. The lowest BCUT2D eigenvalue weighted by Crippen LogP contribution is -2.43. The molecule has 3 N–H and O–H groups in total. The Hall–Kier alpha value is -2.37. The number of carbonyl (C=O) groups is 1. The second-order valence-electron chi connectivity index (χ2n) is 5.84. The highest BCUT2D eigenvalue weighted by Gasteiger charge is 2.40. The smallest absolute Gasteiger partial charge is 0.424 e. The topological polar surface area (TPSA) is 93.4 Å². The number of alkyl halides is 2. The van der Waals surface area contributed by atoms with Crippen molar-refractivity contribution in [3.63, 3.8) is 0 Å². The van der Waals surface area contributed by atoms with Crippen LogP contribution < -0.4 is 20.7 Å². The van der Waals surface area contributed by atoms with Gasteiger partial charge in [0.1, 0.15) is 10.8 Å². The Morgan fingerprint density at radius 3 is 2.78 bits per heavy atom. The number of nitrogens with zero attached hydrogens (tertiary/aromatic N) is 3. The van der Waals surface area contributed by atoms with E-state index < -0.39 is 12.0 Å². The second-order valence-corrected chi connectivity index (χ2v) is 7.71. The number of aromatic nitrogens is 2. The first-order chi connectivity index (χ1) is 13.0. The molecule has 142 valence electrons. The normalized spacial score (nSPS) is 15.3. The number of ether oxygens (including phenoxy) is 1. The molecule has 1 aromatic carbocycles. The fourth-order valence-electron chi connectivity index (χ4n) is 2.76. The van der Waals surface area contributed by atoms with Gasteiger partial charge in [-0.2, -0.15) is 8.78 Å². The van der Waals surface area contributed by atoms with Crippen LogP contribution in [0.15, 0.2) is 23.7 Å². The number of anilines is 1. The highest BCUT2D eigenvalue weighted by molar-refractivity contribution is 7.22. The van der Waals surface area contributed by atoms with Gasteiger partial charge in [-0.05, 0) is 12.1 Å². The van der Waals surface area contributed by atoms with E-state index >= 15 is 0 Å². The van der Waals surface area contributed by atoms with Crippen molar-refractivity contribution in [3.05, 3.63) is 23.7 Å². The lowest BCUT2D eigenvalue weighted by atomic mass is 10.2. The van der Waals surface area contributed by atoms with Gasteiger partial charge in [0.2, 0.25) is 0 Å². The largest absolute Gasteiger partial charge is 0.482 e. The fourth-order valence-corrected chi connectivity index (χ4v) is 4.52. The molecule has 0 atom stereocenters. The van der Waals surface area contributed by atoms with Crippen molar-refractivity contribution in [2.75, 3.05) is 31.1 Å². The van der Waals surface area contributed by atoms with Gasteiger partial charge < -0.3 is 20.7 Å². The first-order valence-corrected chi connectivity index (χ1v) is 9.81. The monoisotopic (exact) mass is 411 g/mol. The molecule has 3 aromatic rings. The van der Waals surface area contributed by atoms with Gasteiger partial charge in [-0.1, -0.05) is 11.3 Å². The predicted molar refractivity (Wildman–Crippen MR) is 101 cm³/mol. The molecule has 4 rings (SSSR count). The molecule has 2 aromatic heterocycles.